The maximum atomic E-state index is 11.2. The molecular weight excluding hydrogens is 164 g/mol. The first-order chi connectivity index (χ1) is 6.20. The molecule has 0 N–H and O–H groups in total. The van der Waals surface area contributed by atoms with Gasteiger partial charge in [0.2, 0.25) is 0 Å². The fourth-order valence-corrected chi connectivity index (χ4v) is 1.73. The highest BCUT2D eigenvalue weighted by Gasteiger charge is 2.20. The van der Waals surface area contributed by atoms with Crippen LogP contribution in [0.1, 0.15) is 28.4 Å². The lowest BCUT2D eigenvalue weighted by Crippen LogP contribution is -1.97. The summed E-state index contributed by atoms with van der Waals surface area (Å²) in [4.78, 5) is 11.2. The van der Waals surface area contributed by atoms with Crippen LogP contribution in [0, 0.1) is 6.92 Å². The summed E-state index contributed by atoms with van der Waals surface area (Å²) in [6.07, 6.45) is 0.933. The van der Waals surface area contributed by atoms with E-state index in [1.165, 1.54) is 11.1 Å². The fraction of sp³-hybridized carbons (Fsp3) is 0.364. The summed E-state index contributed by atoms with van der Waals surface area (Å²) in [7, 11) is 0. The number of Topliss-reactive ketones (excluding diaryl/α,β-unsaturated/α-hetero) is 1. The van der Waals surface area contributed by atoms with Gasteiger partial charge >= 0.3 is 0 Å². The first-order valence-corrected chi connectivity index (χ1v) is 4.46. The van der Waals surface area contributed by atoms with Crippen LogP contribution < -0.4 is 4.74 Å². The maximum Gasteiger partial charge on any atom is 0.163 e. The molecule has 13 heavy (non-hydrogen) atoms. The zero-order valence-corrected chi connectivity index (χ0v) is 7.89. The first kappa shape index (κ1) is 8.30. The number of carbonyl (C=O) groups is 1. The Bertz CT molecular complexity index is 367. The number of ketones is 1. The minimum atomic E-state index is 0.0816. The van der Waals surface area contributed by atoms with Crippen LogP contribution >= 0.6 is 0 Å². The number of benzene rings is 1. The third-order valence-corrected chi connectivity index (χ3v) is 2.47. The molecule has 1 aliphatic rings. The van der Waals surface area contributed by atoms with Crippen molar-refractivity contribution in [1.29, 1.82) is 0 Å². The van der Waals surface area contributed by atoms with Crippen molar-refractivity contribution in [3.8, 4) is 5.75 Å². The second kappa shape index (κ2) is 2.87. The van der Waals surface area contributed by atoms with E-state index in [1.807, 2.05) is 12.1 Å². The van der Waals surface area contributed by atoms with Gasteiger partial charge in [0, 0.05) is 12.0 Å². The van der Waals surface area contributed by atoms with Gasteiger partial charge in [0.15, 0.2) is 5.78 Å². The summed E-state index contributed by atoms with van der Waals surface area (Å²) in [5.41, 5.74) is 3.14. The van der Waals surface area contributed by atoms with Crippen LogP contribution in [0.4, 0.5) is 0 Å². The molecule has 1 aliphatic heterocycles. The van der Waals surface area contributed by atoms with Crippen LogP contribution in [0.2, 0.25) is 0 Å². The highest BCUT2D eigenvalue weighted by atomic mass is 16.5. The van der Waals surface area contributed by atoms with Gasteiger partial charge in [0.05, 0.1) is 12.2 Å². The predicted molar refractivity (Wildman–Crippen MR) is 50.4 cm³/mol. The molecule has 0 aliphatic carbocycles. The van der Waals surface area contributed by atoms with E-state index in [2.05, 4.69) is 6.92 Å². The van der Waals surface area contributed by atoms with Crippen molar-refractivity contribution in [3.63, 3.8) is 0 Å². The van der Waals surface area contributed by atoms with Crippen LogP contribution in [-0.2, 0) is 6.42 Å². The molecule has 0 unspecified atom stereocenters. The van der Waals surface area contributed by atoms with Gasteiger partial charge in [0.25, 0.3) is 0 Å². The summed E-state index contributed by atoms with van der Waals surface area (Å²) >= 11 is 0. The Labute approximate surface area is 77.5 Å². The number of carbonyl (C=O) groups excluding carboxylic acids is 1. The van der Waals surface area contributed by atoms with E-state index < -0.39 is 0 Å². The fourth-order valence-electron chi connectivity index (χ4n) is 1.73. The summed E-state index contributed by atoms with van der Waals surface area (Å²) in [6, 6.07) is 3.84. The molecule has 0 amide bonds. The Hall–Kier alpha value is -1.31. The molecule has 2 nitrogen and oxygen atoms in total. The summed E-state index contributed by atoms with van der Waals surface area (Å²) in [5.74, 6) is 0.894. The second-order valence-electron chi connectivity index (χ2n) is 3.39. The molecule has 0 saturated heterocycles. The van der Waals surface area contributed by atoms with Gasteiger partial charge < -0.3 is 4.74 Å². The SMILES string of the molecule is CC(=O)c1ccc(C)c2c1OCC2. The Kier molecular flexibility index (Phi) is 1.83. The quantitative estimate of drug-likeness (QED) is 0.613. The number of hydrogen-bond acceptors (Lipinski definition) is 2. The highest BCUT2D eigenvalue weighted by molar-refractivity contribution is 5.97. The summed E-state index contributed by atoms with van der Waals surface area (Å²) in [6.45, 7) is 4.34. The molecular formula is C11H12O2. The molecule has 0 spiro atoms. The van der Waals surface area contributed by atoms with Crippen molar-refractivity contribution in [2.75, 3.05) is 6.61 Å². The van der Waals surface area contributed by atoms with E-state index in [0.717, 1.165) is 17.7 Å². The van der Waals surface area contributed by atoms with Crippen molar-refractivity contribution in [3.05, 3.63) is 28.8 Å². The van der Waals surface area contributed by atoms with Gasteiger partial charge in [0.1, 0.15) is 5.75 Å². The number of aryl methyl sites for hydroxylation is 1. The molecule has 2 heteroatoms. The number of fused-ring (bicyclic) bond motifs is 1. The monoisotopic (exact) mass is 176 g/mol. The van der Waals surface area contributed by atoms with Crippen molar-refractivity contribution >= 4 is 5.78 Å². The zero-order valence-electron chi connectivity index (χ0n) is 7.89. The van der Waals surface area contributed by atoms with E-state index in [-0.39, 0.29) is 5.78 Å². The lowest BCUT2D eigenvalue weighted by Gasteiger charge is -2.06. The molecule has 1 aromatic carbocycles. The van der Waals surface area contributed by atoms with Gasteiger partial charge in [-0.2, -0.15) is 0 Å². The smallest absolute Gasteiger partial charge is 0.163 e. The van der Waals surface area contributed by atoms with Crippen LogP contribution in [0.15, 0.2) is 12.1 Å². The lowest BCUT2D eigenvalue weighted by molar-refractivity contribution is 0.101. The van der Waals surface area contributed by atoms with Gasteiger partial charge in [-0.3, -0.25) is 4.79 Å². The van der Waals surface area contributed by atoms with Crippen molar-refractivity contribution in [2.24, 2.45) is 0 Å². The molecule has 0 aromatic heterocycles. The van der Waals surface area contributed by atoms with Crippen molar-refractivity contribution in [2.45, 2.75) is 20.3 Å². The minimum Gasteiger partial charge on any atom is -0.492 e. The average Bonchev–Trinajstić information content (AvgIpc) is 2.53. The van der Waals surface area contributed by atoms with Crippen LogP contribution in [0.5, 0.6) is 5.75 Å². The first-order valence-electron chi connectivity index (χ1n) is 4.46. The van der Waals surface area contributed by atoms with Gasteiger partial charge in [-0.25, -0.2) is 0 Å². The van der Waals surface area contributed by atoms with E-state index in [9.17, 15) is 4.79 Å². The van der Waals surface area contributed by atoms with E-state index in [0.29, 0.717) is 6.61 Å². The van der Waals surface area contributed by atoms with Crippen LogP contribution in [-0.4, -0.2) is 12.4 Å². The molecule has 0 fully saturated rings. The Morgan fingerprint density at radius 3 is 2.92 bits per heavy atom. The third-order valence-electron chi connectivity index (χ3n) is 2.47. The molecule has 2 rings (SSSR count). The molecule has 1 aromatic rings. The Morgan fingerprint density at radius 1 is 1.46 bits per heavy atom. The van der Waals surface area contributed by atoms with Crippen molar-refractivity contribution in [1.82, 2.24) is 0 Å². The Balaban J connectivity index is 2.62. The largest absolute Gasteiger partial charge is 0.492 e. The second-order valence-corrected chi connectivity index (χ2v) is 3.39. The van der Waals surface area contributed by atoms with E-state index >= 15 is 0 Å². The predicted octanol–water partition coefficient (Wildman–Crippen LogP) is 2.13. The molecule has 68 valence electrons. The van der Waals surface area contributed by atoms with Gasteiger partial charge in [-0.15, -0.1) is 0 Å². The number of hydrogen-bond donors (Lipinski definition) is 0. The highest BCUT2D eigenvalue weighted by Crippen LogP contribution is 2.32. The van der Waals surface area contributed by atoms with Crippen LogP contribution in [0.3, 0.4) is 0 Å². The Morgan fingerprint density at radius 2 is 2.23 bits per heavy atom. The van der Waals surface area contributed by atoms with Gasteiger partial charge in [-0.1, -0.05) is 6.07 Å². The normalized spacial score (nSPS) is 13.7. The summed E-state index contributed by atoms with van der Waals surface area (Å²) in [5, 5.41) is 0. The molecule has 1 heterocycles. The van der Waals surface area contributed by atoms with E-state index in [1.54, 1.807) is 6.92 Å². The van der Waals surface area contributed by atoms with Crippen molar-refractivity contribution < 1.29 is 9.53 Å². The molecule has 0 radical (unpaired) electrons. The molecule has 0 saturated carbocycles. The average molecular weight is 176 g/mol. The number of ether oxygens (including phenoxy) is 1. The topological polar surface area (TPSA) is 26.3 Å². The lowest BCUT2D eigenvalue weighted by atomic mass is 10.0. The zero-order chi connectivity index (χ0) is 9.42. The molecule has 0 bridgehead atoms. The number of rotatable bonds is 1. The standard InChI is InChI=1S/C11H12O2/c1-7-3-4-10(8(2)12)11-9(7)5-6-13-11/h3-4H,5-6H2,1-2H3. The minimum absolute atomic E-state index is 0.0816. The third kappa shape index (κ3) is 1.22. The van der Waals surface area contributed by atoms with Crippen LogP contribution in [0.25, 0.3) is 0 Å². The summed E-state index contributed by atoms with van der Waals surface area (Å²) < 4.78 is 5.45. The van der Waals surface area contributed by atoms with E-state index in [4.69, 9.17) is 4.74 Å². The maximum absolute atomic E-state index is 11.2. The van der Waals surface area contributed by atoms with Gasteiger partial charge in [-0.05, 0) is 25.5 Å². The molecule has 0 atom stereocenters.